The maximum absolute atomic E-state index is 12.8. The maximum Gasteiger partial charge on any atom is 0.308 e. The van der Waals surface area contributed by atoms with Crippen molar-refractivity contribution in [2.75, 3.05) is 5.32 Å². The van der Waals surface area contributed by atoms with Crippen molar-refractivity contribution in [3.8, 4) is 5.75 Å². The van der Waals surface area contributed by atoms with Crippen molar-refractivity contribution >= 4 is 33.1 Å². The standard InChI is InChI=1S/C24H30N2O3S/c1-7-20(29-18-11-8-16(9-12-18)24(4,5)6)22(27)25-17-10-13-19-21(14-17)30-23(28)26(19)15(2)3/h8-15,20H,7H2,1-6H3,(H,25,27)/t20-/m0/s1. The quantitative estimate of drug-likeness (QED) is 0.547. The van der Waals surface area contributed by atoms with Crippen LogP contribution in [-0.2, 0) is 10.2 Å². The molecule has 30 heavy (non-hydrogen) atoms. The molecule has 2 aromatic carbocycles. The van der Waals surface area contributed by atoms with E-state index in [1.165, 1.54) is 16.9 Å². The van der Waals surface area contributed by atoms with Gasteiger partial charge in [0.25, 0.3) is 5.91 Å². The smallest absolute Gasteiger partial charge is 0.308 e. The Morgan fingerprint density at radius 2 is 1.80 bits per heavy atom. The number of thiazole rings is 1. The van der Waals surface area contributed by atoms with Gasteiger partial charge in [0.05, 0.1) is 10.2 Å². The number of ether oxygens (including phenoxy) is 1. The number of benzene rings is 2. The summed E-state index contributed by atoms with van der Waals surface area (Å²) < 4.78 is 8.57. The van der Waals surface area contributed by atoms with E-state index in [1.807, 2.05) is 63.2 Å². The molecule has 0 aliphatic rings. The Hall–Kier alpha value is -2.60. The van der Waals surface area contributed by atoms with E-state index in [-0.39, 0.29) is 22.2 Å². The van der Waals surface area contributed by atoms with Crippen LogP contribution in [0.15, 0.2) is 47.3 Å². The number of rotatable bonds is 6. The van der Waals surface area contributed by atoms with Gasteiger partial charge in [-0.25, -0.2) is 0 Å². The Balaban J connectivity index is 1.74. The second-order valence-corrected chi connectivity index (χ2v) is 9.79. The highest BCUT2D eigenvalue weighted by molar-refractivity contribution is 7.16. The maximum atomic E-state index is 12.8. The van der Waals surface area contributed by atoms with Gasteiger partial charge in [-0.2, -0.15) is 0 Å². The van der Waals surface area contributed by atoms with Gasteiger partial charge in [-0.05, 0) is 61.6 Å². The van der Waals surface area contributed by atoms with Crippen LogP contribution in [-0.4, -0.2) is 16.6 Å². The van der Waals surface area contributed by atoms with Crippen LogP contribution < -0.4 is 14.9 Å². The van der Waals surface area contributed by atoms with Gasteiger partial charge in [0.1, 0.15) is 5.75 Å². The fourth-order valence-electron chi connectivity index (χ4n) is 3.35. The molecule has 1 heterocycles. The summed E-state index contributed by atoms with van der Waals surface area (Å²) in [5.41, 5.74) is 2.83. The van der Waals surface area contributed by atoms with Gasteiger partial charge in [0, 0.05) is 11.7 Å². The molecular formula is C24H30N2O3S. The molecule has 0 spiro atoms. The molecule has 160 valence electrons. The number of hydrogen-bond acceptors (Lipinski definition) is 4. The first-order valence-corrected chi connectivity index (χ1v) is 11.1. The third-order valence-corrected chi connectivity index (χ3v) is 5.98. The molecule has 5 nitrogen and oxygen atoms in total. The van der Waals surface area contributed by atoms with Crippen molar-refractivity contribution in [2.45, 2.75) is 65.5 Å². The molecule has 6 heteroatoms. The Labute approximate surface area is 181 Å². The number of fused-ring (bicyclic) bond motifs is 1. The van der Waals surface area contributed by atoms with Crippen LogP contribution in [0.4, 0.5) is 5.69 Å². The number of nitrogens with zero attached hydrogens (tertiary/aromatic N) is 1. The predicted molar refractivity (Wildman–Crippen MR) is 125 cm³/mol. The molecule has 0 bridgehead atoms. The van der Waals surface area contributed by atoms with Crippen LogP contribution in [0.3, 0.4) is 0 Å². The molecule has 1 aromatic heterocycles. The monoisotopic (exact) mass is 426 g/mol. The first kappa shape index (κ1) is 22.1. The fraction of sp³-hybridized carbons (Fsp3) is 0.417. The molecule has 0 saturated carbocycles. The average molecular weight is 427 g/mol. The third-order valence-electron chi connectivity index (χ3n) is 5.06. The Morgan fingerprint density at radius 1 is 1.13 bits per heavy atom. The minimum atomic E-state index is -0.597. The van der Waals surface area contributed by atoms with E-state index in [2.05, 4.69) is 26.1 Å². The molecule has 0 aliphatic carbocycles. The van der Waals surface area contributed by atoms with Crippen molar-refractivity contribution in [2.24, 2.45) is 0 Å². The zero-order valence-electron chi connectivity index (χ0n) is 18.5. The van der Waals surface area contributed by atoms with E-state index in [1.54, 1.807) is 4.57 Å². The van der Waals surface area contributed by atoms with Crippen LogP contribution in [0, 0.1) is 0 Å². The van der Waals surface area contributed by atoms with Crippen LogP contribution >= 0.6 is 11.3 Å². The Kier molecular flexibility index (Phi) is 6.36. The Morgan fingerprint density at radius 3 is 2.37 bits per heavy atom. The summed E-state index contributed by atoms with van der Waals surface area (Å²) in [5, 5.41) is 2.93. The van der Waals surface area contributed by atoms with Crippen LogP contribution in [0.2, 0.25) is 0 Å². The summed E-state index contributed by atoms with van der Waals surface area (Å²) in [7, 11) is 0. The lowest BCUT2D eigenvalue weighted by Gasteiger charge is -2.21. The van der Waals surface area contributed by atoms with E-state index in [9.17, 15) is 9.59 Å². The molecule has 3 aromatic rings. The first-order chi connectivity index (χ1) is 14.1. The fourth-order valence-corrected chi connectivity index (χ4v) is 4.40. The van der Waals surface area contributed by atoms with Crippen molar-refractivity contribution in [1.82, 2.24) is 4.57 Å². The van der Waals surface area contributed by atoms with Crippen LogP contribution in [0.1, 0.15) is 59.6 Å². The van der Waals surface area contributed by atoms with E-state index >= 15 is 0 Å². The number of nitrogens with one attached hydrogen (secondary N) is 1. The summed E-state index contributed by atoms with van der Waals surface area (Å²) in [6, 6.07) is 13.6. The highest BCUT2D eigenvalue weighted by Crippen LogP contribution is 2.26. The second kappa shape index (κ2) is 8.64. The predicted octanol–water partition coefficient (Wildman–Crippen LogP) is 5.74. The van der Waals surface area contributed by atoms with E-state index in [0.29, 0.717) is 17.9 Å². The van der Waals surface area contributed by atoms with Crippen molar-refractivity contribution < 1.29 is 9.53 Å². The molecule has 1 N–H and O–H groups in total. The molecular weight excluding hydrogens is 396 g/mol. The van der Waals surface area contributed by atoms with Crippen molar-refractivity contribution in [3.63, 3.8) is 0 Å². The third kappa shape index (κ3) is 4.75. The van der Waals surface area contributed by atoms with Crippen molar-refractivity contribution in [1.29, 1.82) is 0 Å². The minimum absolute atomic E-state index is 0.0111. The Bertz CT molecular complexity index is 1090. The van der Waals surface area contributed by atoms with Gasteiger partial charge in [-0.3, -0.25) is 14.2 Å². The number of anilines is 1. The lowest BCUT2D eigenvalue weighted by Crippen LogP contribution is -2.32. The van der Waals surface area contributed by atoms with E-state index in [0.717, 1.165) is 10.2 Å². The zero-order chi connectivity index (χ0) is 22.1. The molecule has 0 unspecified atom stereocenters. The highest BCUT2D eigenvalue weighted by atomic mass is 32.1. The first-order valence-electron chi connectivity index (χ1n) is 10.3. The minimum Gasteiger partial charge on any atom is -0.481 e. The summed E-state index contributed by atoms with van der Waals surface area (Å²) in [4.78, 5) is 25.0. The van der Waals surface area contributed by atoms with Crippen LogP contribution in [0.25, 0.3) is 10.2 Å². The largest absolute Gasteiger partial charge is 0.481 e. The summed E-state index contributed by atoms with van der Waals surface area (Å²) in [6.45, 7) is 12.4. The summed E-state index contributed by atoms with van der Waals surface area (Å²) >= 11 is 1.19. The molecule has 1 atom stereocenters. The van der Waals surface area contributed by atoms with E-state index < -0.39 is 6.10 Å². The SMILES string of the molecule is CC[C@H](Oc1ccc(C(C)(C)C)cc1)C(=O)Nc1ccc2c(c1)sc(=O)n2C(C)C. The number of aromatic nitrogens is 1. The molecule has 1 amide bonds. The molecule has 3 rings (SSSR count). The van der Waals surface area contributed by atoms with Gasteiger partial charge in [-0.15, -0.1) is 0 Å². The van der Waals surface area contributed by atoms with Crippen molar-refractivity contribution in [3.05, 3.63) is 57.7 Å². The van der Waals surface area contributed by atoms with Gasteiger partial charge < -0.3 is 10.1 Å². The number of hydrogen-bond donors (Lipinski definition) is 1. The molecule has 0 radical (unpaired) electrons. The van der Waals surface area contributed by atoms with Gasteiger partial charge in [0.15, 0.2) is 6.10 Å². The highest BCUT2D eigenvalue weighted by Gasteiger charge is 2.20. The lowest BCUT2D eigenvalue weighted by atomic mass is 9.87. The van der Waals surface area contributed by atoms with Crippen LogP contribution in [0.5, 0.6) is 5.75 Å². The second-order valence-electron chi connectivity index (χ2n) is 8.79. The summed E-state index contributed by atoms with van der Waals surface area (Å²) in [6.07, 6.45) is -0.0493. The molecule has 0 saturated heterocycles. The van der Waals surface area contributed by atoms with E-state index in [4.69, 9.17) is 4.74 Å². The van der Waals surface area contributed by atoms with Gasteiger partial charge in [-0.1, -0.05) is 51.2 Å². The normalized spacial score (nSPS) is 12.9. The lowest BCUT2D eigenvalue weighted by molar-refractivity contribution is -0.122. The number of carbonyl (C=O) groups excluding carboxylic acids is 1. The average Bonchev–Trinajstić information content (AvgIpc) is 3.00. The molecule has 0 aliphatic heterocycles. The van der Waals surface area contributed by atoms with Gasteiger partial charge in [0.2, 0.25) is 0 Å². The number of carbonyl (C=O) groups is 1. The zero-order valence-corrected chi connectivity index (χ0v) is 19.3. The number of amides is 1. The van der Waals surface area contributed by atoms with Gasteiger partial charge >= 0.3 is 4.87 Å². The topological polar surface area (TPSA) is 60.3 Å². The summed E-state index contributed by atoms with van der Waals surface area (Å²) in [5.74, 6) is 0.472. The molecule has 0 fully saturated rings.